The second kappa shape index (κ2) is 9.75. The Morgan fingerprint density at radius 1 is 1.09 bits per heavy atom. The zero-order valence-electron chi connectivity index (χ0n) is 18.9. The molecule has 3 rings (SSSR count). The third-order valence-corrected chi connectivity index (χ3v) is 7.26. The highest BCUT2D eigenvalue weighted by molar-refractivity contribution is 7.92. The Labute approximate surface area is 193 Å². The van der Waals surface area contributed by atoms with Crippen LogP contribution in [0.25, 0.3) is 0 Å². The summed E-state index contributed by atoms with van der Waals surface area (Å²) in [4.78, 5) is 13.1. The van der Waals surface area contributed by atoms with Gasteiger partial charge in [-0.2, -0.15) is 13.2 Å². The third-order valence-electron chi connectivity index (χ3n) is 6.02. The lowest BCUT2D eigenvalue weighted by Gasteiger charge is -2.30. The number of carbonyl (C=O) groups excluding carboxylic acids is 1. The highest BCUT2D eigenvalue weighted by Crippen LogP contribution is 2.33. The third kappa shape index (κ3) is 5.88. The predicted molar refractivity (Wildman–Crippen MR) is 122 cm³/mol. The summed E-state index contributed by atoms with van der Waals surface area (Å²) in [6.45, 7) is 3.28. The molecule has 180 valence electrons. The summed E-state index contributed by atoms with van der Waals surface area (Å²) in [6, 6.07) is 8.55. The normalized spacial score (nSPS) is 15.9. The minimum atomic E-state index is -4.63. The number of nitrogens with zero attached hydrogens (tertiary/aromatic N) is 1. The van der Waals surface area contributed by atoms with Crippen LogP contribution in [-0.4, -0.2) is 26.6 Å². The number of nitrogens with one attached hydrogen (secondary N) is 1. The molecule has 0 aliphatic heterocycles. The van der Waals surface area contributed by atoms with E-state index >= 15 is 0 Å². The molecule has 0 bridgehead atoms. The first-order valence-corrected chi connectivity index (χ1v) is 12.9. The minimum absolute atomic E-state index is 0.211. The van der Waals surface area contributed by atoms with Crippen molar-refractivity contribution in [1.29, 1.82) is 0 Å². The second-order valence-corrected chi connectivity index (χ2v) is 10.3. The number of aryl methyl sites for hydroxylation is 2. The lowest BCUT2D eigenvalue weighted by atomic mass is 9.88. The Balaban J connectivity index is 1.86. The van der Waals surface area contributed by atoms with E-state index in [2.05, 4.69) is 17.4 Å². The highest BCUT2D eigenvalue weighted by Gasteiger charge is 2.34. The smallest absolute Gasteiger partial charge is 0.347 e. The molecule has 0 saturated heterocycles. The molecule has 0 radical (unpaired) electrons. The number of carbonyl (C=O) groups is 1. The molecule has 1 aliphatic carbocycles. The van der Waals surface area contributed by atoms with Crippen molar-refractivity contribution in [1.82, 2.24) is 5.32 Å². The van der Waals surface area contributed by atoms with Crippen molar-refractivity contribution in [3.05, 3.63) is 64.7 Å². The summed E-state index contributed by atoms with van der Waals surface area (Å²) < 4.78 is 65.2. The number of hydrogen-bond acceptors (Lipinski definition) is 3. The monoisotopic (exact) mass is 482 g/mol. The fourth-order valence-electron chi connectivity index (χ4n) is 4.31. The summed E-state index contributed by atoms with van der Waals surface area (Å²) in [5, 5.41) is 2.89. The fourth-order valence-corrected chi connectivity index (χ4v) is 5.48. The van der Waals surface area contributed by atoms with Crippen LogP contribution in [0, 0.1) is 0 Å². The number of alkyl halides is 3. The minimum Gasteiger partial charge on any atom is -0.347 e. The zero-order valence-corrected chi connectivity index (χ0v) is 19.8. The molecular formula is C24H29F3N2O3S. The van der Waals surface area contributed by atoms with Gasteiger partial charge in [0.05, 0.1) is 23.5 Å². The van der Waals surface area contributed by atoms with E-state index < -0.39 is 33.7 Å². The number of anilines is 1. The van der Waals surface area contributed by atoms with Gasteiger partial charge in [0.1, 0.15) is 6.04 Å². The summed E-state index contributed by atoms with van der Waals surface area (Å²) in [5.74, 6) is -0.581. The fraction of sp³-hybridized carbons (Fsp3) is 0.458. The molecule has 1 aliphatic rings. The molecule has 0 fully saturated rings. The number of benzene rings is 2. The van der Waals surface area contributed by atoms with Crippen LogP contribution in [0.1, 0.15) is 61.4 Å². The summed E-state index contributed by atoms with van der Waals surface area (Å²) in [6.07, 6.45) is 1.13. The van der Waals surface area contributed by atoms with Gasteiger partial charge in [-0.15, -0.1) is 0 Å². The van der Waals surface area contributed by atoms with Gasteiger partial charge >= 0.3 is 6.18 Å². The topological polar surface area (TPSA) is 66.5 Å². The molecule has 2 aromatic rings. The van der Waals surface area contributed by atoms with E-state index in [1.165, 1.54) is 24.1 Å². The van der Waals surface area contributed by atoms with Crippen LogP contribution in [-0.2, 0) is 33.8 Å². The molecule has 0 heterocycles. The SMILES string of the molecule is CC[C@@H](NC(=O)[C@@H](C)N(c1cccc(C(F)(F)F)c1)S(C)(=O)=O)c1ccc2c(c1)CCCC2. The van der Waals surface area contributed by atoms with Crippen LogP contribution in [0.15, 0.2) is 42.5 Å². The number of sulfonamides is 1. The standard InChI is InChI=1S/C24H29F3N2O3S/c1-4-22(19-13-12-17-8-5-6-9-18(17)14-19)28-23(30)16(2)29(33(3,31)32)21-11-7-10-20(15-21)24(25,26)27/h7,10-16,22H,4-6,8-9H2,1-3H3,(H,28,30)/t16-,22-/m1/s1. The van der Waals surface area contributed by atoms with Crippen molar-refractivity contribution in [2.24, 2.45) is 0 Å². The number of halogens is 3. The van der Waals surface area contributed by atoms with Gasteiger partial charge in [-0.25, -0.2) is 8.42 Å². The van der Waals surface area contributed by atoms with Crippen molar-refractivity contribution < 1.29 is 26.4 Å². The Morgan fingerprint density at radius 2 is 1.76 bits per heavy atom. The predicted octanol–water partition coefficient (Wildman–Crippen LogP) is 5.01. The molecule has 0 saturated carbocycles. The first-order chi connectivity index (χ1) is 15.4. The summed E-state index contributed by atoms with van der Waals surface area (Å²) in [7, 11) is -4.04. The van der Waals surface area contributed by atoms with Crippen LogP contribution >= 0.6 is 0 Å². The molecule has 0 aromatic heterocycles. The first kappa shape index (κ1) is 25.1. The van der Waals surface area contributed by atoms with Gasteiger partial charge < -0.3 is 5.32 Å². The van der Waals surface area contributed by atoms with E-state index in [4.69, 9.17) is 0 Å². The van der Waals surface area contributed by atoms with E-state index in [0.29, 0.717) is 6.42 Å². The largest absolute Gasteiger partial charge is 0.416 e. The Bertz CT molecular complexity index is 1120. The van der Waals surface area contributed by atoms with Crippen LogP contribution < -0.4 is 9.62 Å². The average Bonchev–Trinajstić information content (AvgIpc) is 2.75. The highest BCUT2D eigenvalue weighted by atomic mass is 32.2. The molecule has 0 spiro atoms. The molecule has 2 aromatic carbocycles. The first-order valence-electron chi connectivity index (χ1n) is 11.0. The number of fused-ring (bicyclic) bond motifs is 1. The lowest BCUT2D eigenvalue weighted by Crippen LogP contribution is -2.48. The molecule has 1 amide bonds. The molecular weight excluding hydrogens is 453 g/mol. The van der Waals surface area contributed by atoms with Gasteiger partial charge in [0.25, 0.3) is 0 Å². The van der Waals surface area contributed by atoms with Gasteiger partial charge in [-0.1, -0.05) is 31.2 Å². The van der Waals surface area contributed by atoms with Gasteiger partial charge in [0, 0.05) is 0 Å². The molecule has 9 heteroatoms. The van der Waals surface area contributed by atoms with E-state index in [0.717, 1.165) is 60.0 Å². The van der Waals surface area contributed by atoms with Gasteiger partial charge in [0.2, 0.25) is 15.9 Å². The quantitative estimate of drug-likeness (QED) is 0.604. The van der Waals surface area contributed by atoms with E-state index in [-0.39, 0.29) is 11.7 Å². The molecule has 0 unspecified atom stereocenters. The molecule has 5 nitrogen and oxygen atoms in total. The molecule has 33 heavy (non-hydrogen) atoms. The lowest BCUT2D eigenvalue weighted by molar-refractivity contribution is -0.137. The number of hydrogen-bond donors (Lipinski definition) is 1. The maximum Gasteiger partial charge on any atom is 0.416 e. The van der Waals surface area contributed by atoms with Crippen molar-refractivity contribution in [2.45, 2.75) is 64.2 Å². The van der Waals surface area contributed by atoms with Gasteiger partial charge in [-0.3, -0.25) is 9.10 Å². The van der Waals surface area contributed by atoms with Gasteiger partial charge in [-0.05, 0) is 73.9 Å². The average molecular weight is 483 g/mol. The van der Waals surface area contributed by atoms with Crippen LogP contribution in [0.3, 0.4) is 0 Å². The van der Waals surface area contributed by atoms with E-state index in [1.54, 1.807) is 0 Å². The van der Waals surface area contributed by atoms with Crippen molar-refractivity contribution in [3.63, 3.8) is 0 Å². The van der Waals surface area contributed by atoms with E-state index in [1.807, 2.05) is 13.0 Å². The van der Waals surface area contributed by atoms with Crippen molar-refractivity contribution >= 4 is 21.6 Å². The van der Waals surface area contributed by atoms with Crippen LogP contribution in [0.4, 0.5) is 18.9 Å². The van der Waals surface area contributed by atoms with E-state index in [9.17, 15) is 26.4 Å². The van der Waals surface area contributed by atoms with Crippen LogP contribution in [0.5, 0.6) is 0 Å². The molecule has 2 atom stereocenters. The Hall–Kier alpha value is -2.55. The summed E-state index contributed by atoms with van der Waals surface area (Å²) in [5.41, 5.74) is 2.32. The van der Waals surface area contributed by atoms with Crippen molar-refractivity contribution in [2.75, 3.05) is 10.6 Å². The van der Waals surface area contributed by atoms with Crippen molar-refractivity contribution in [3.8, 4) is 0 Å². The molecule has 1 N–H and O–H groups in total. The second-order valence-electron chi connectivity index (χ2n) is 8.49. The number of rotatable bonds is 7. The summed E-state index contributed by atoms with van der Waals surface area (Å²) >= 11 is 0. The number of amides is 1. The van der Waals surface area contributed by atoms with Crippen LogP contribution in [0.2, 0.25) is 0 Å². The Kier molecular flexibility index (Phi) is 7.41. The maximum absolute atomic E-state index is 13.2. The zero-order chi connectivity index (χ0) is 24.4. The maximum atomic E-state index is 13.2. The van der Waals surface area contributed by atoms with Gasteiger partial charge in [0.15, 0.2) is 0 Å². The Morgan fingerprint density at radius 3 is 2.36 bits per heavy atom.